The minimum atomic E-state index is -1.17. The van der Waals surface area contributed by atoms with E-state index in [0.717, 1.165) is 18.2 Å². The summed E-state index contributed by atoms with van der Waals surface area (Å²) in [6.07, 6.45) is -1.21. The van der Waals surface area contributed by atoms with Crippen molar-refractivity contribution in [3.05, 3.63) is 35.4 Å². The number of aliphatic hydroxyl groups excluding tert-OH is 3. The molecule has 0 aliphatic heterocycles. The van der Waals surface area contributed by atoms with Crippen molar-refractivity contribution in [3.63, 3.8) is 0 Å². The van der Waals surface area contributed by atoms with E-state index in [4.69, 9.17) is 9.84 Å². The molecule has 194 valence electrons. The average molecular weight is 523 g/mol. The number of nitrogens with one attached hydrogen (secondary N) is 1. The first-order chi connectivity index (χ1) is 17.4. The molecule has 0 spiro atoms. The van der Waals surface area contributed by atoms with Crippen LogP contribution in [-0.2, 0) is 4.74 Å². The van der Waals surface area contributed by atoms with Crippen LogP contribution in [0.15, 0.2) is 23.4 Å². The Labute approximate surface area is 210 Å². The number of ether oxygens (including phenoxy) is 1. The Hall–Kier alpha value is -2.45. The zero-order chi connectivity index (χ0) is 25.4. The third-order valence-electron chi connectivity index (χ3n) is 6.57. The predicted molar refractivity (Wildman–Crippen MR) is 128 cm³/mol. The van der Waals surface area contributed by atoms with Crippen LogP contribution in [0.4, 0.5) is 14.6 Å². The van der Waals surface area contributed by atoms with Crippen molar-refractivity contribution in [3.8, 4) is 0 Å². The minimum absolute atomic E-state index is 0.0434. The van der Waals surface area contributed by atoms with E-state index < -0.39 is 36.0 Å². The predicted octanol–water partition coefficient (Wildman–Crippen LogP) is 2.01. The summed E-state index contributed by atoms with van der Waals surface area (Å²) in [6, 6.07) is 3.37. The van der Waals surface area contributed by atoms with Gasteiger partial charge in [0.25, 0.3) is 0 Å². The van der Waals surface area contributed by atoms with E-state index in [1.165, 1.54) is 22.5 Å². The molecule has 1 aromatic carbocycles. The molecule has 2 fully saturated rings. The van der Waals surface area contributed by atoms with Crippen LogP contribution in [0.2, 0.25) is 0 Å². The quantitative estimate of drug-likeness (QED) is 0.231. The van der Waals surface area contributed by atoms with E-state index in [1.54, 1.807) is 6.07 Å². The number of fused-ring (bicyclic) bond motifs is 1. The molecule has 2 aliphatic rings. The number of aliphatic hydroxyl groups is 3. The van der Waals surface area contributed by atoms with E-state index in [-0.39, 0.29) is 31.6 Å². The van der Waals surface area contributed by atoms with Gasteiger partial charge >= 0.3 is 0 Å². The zero-order valence-corrected chi connectivity index (χ0v) is 20.4. The second-order valence-electron chi connectivity index (χ2n) is 9.06. The first-order valence-corrected chi connectivity index (χ1v) is 13.0. The summed E-state index contributed by atoms with van der Waals surface area (Å²) in [7, 11) is 0. The zero-order valence-electron chi connectivity index (χ0n) is 19.6. The Morgan fingerprint density at radius 3 is 2.81 bits per heavy atom. The number of hydrogen-bond acceptors (Lipinski definition) is 10. The van der Waals surface area contributed by atoms with Crippen LogP contribution in [0.5, 0.6) is 0 Å². The first-order valence-electron chi connectivity index (χ1n) is 12.0. The fraction of sp³-hybridized carbons (Fsp3) is 0.565. The van der Waals surface area contributed by atoms with Gasteiger partial charge in [-0.2, -0.15) is 0 Å². The highest BCUT2D eigenvalue weighted by Gasteiger charge is 2.45. The van der Waals surface area contributed by atoms with Crippen molar-refractivity contribution in [1.29, 1.82) is 0 Å². The van der Waals surface area contributed by atoms with E-state index >= 15 is 0 Å². The SMILES string of the molecule is CCCSc1nc(N[C@H]2CC2c2cccc(F)c2F)c2nnn(C3C[C@@H](OCCO)[C@H](O)[C@@H]3O)c2n1. The van der Waals surface area contributed by atoms with Crippen LogP contribution in [-0.4, -0.2) is 83.6 Å². The first kappa shape index (κ1) is 25.2. The summed E-state index contributed by atoms with van der Waals surface area (Å²) in [5, 5.41) is 42.4. The normalized spacial score (nSPS) is 27.6. The third kappa shape index (κ3) is 4.77. The summed E-state index contributed by atoms with van der Waals surface area (Å²) in [6.45, 7) is 1.89. The number of aromatic nitrogens is 5. The Morgan fingerprint density at radius 1 is 1.19 bits per heavy atom. The summed E-state index contributed by atoms with van der Waals surface area (Å²) in [5.74, 6) is -0.701. The summed E-state index contributed by atoms with van der Waals surface area (Å²) >= 11 is 1.46. The van der Waals surface area contributed by atoms with Gasteiger partial charge < -0.3 is 25.4 Å². The minimum Gasteiger partial charge on any atom is -0.394 e. The van der Waals surface area contributed by atoms with Crippen LogP contribution in [0.1, 0.15) is 43.7 Å². The Morgan fingerprint density at radius 2 is 2.03 bits per heavy atom. The highest BCUT2D eigenvalue weighted by Crippen LogP contribution is 2.45. The molecule has 6 atom stereocenters. The maximum Gasteiger partial charge on any atom is 0.191 e. The van der Waals surface area contributed by atoms with Crippen LogP contribution in [0.25, 0.3) is 11.2 Å². The molecular formula is C23H28F2N6O4S. The van der Waals surface area contributed by atoms with E-state index in [0.29, 0.717) is 34.1 Å². The Bertz CT molecular complexity index is 1230. The molecule has 2 aliphatic carbocycles. The van der Waals surface area contributed by atoms with Crippen LogP contribution in [0, 0.1) is 11.6 Å². The Kier molecular flexibility index (Phi) is 7.35. The lowest BCUT2D eigenvalue weighted by atomic mass is 10.1. The van der Waals surface area contributed by atoms with Gasteiger partial charge in [-0.05, 0) is 24.5 Å². The van der Waals surface area contributed by atoms with Crippen molar-refractivity contribution in [1.82, 2.24) is 25.0 Å². The van der Waals surface area contributed by atoms with Gasteiger partial charge in [0, 0.05) is 24.1 Å². The van der Waals surface area contributed by atoms with Crippen molar-refractivity contribution < 1.29 is 28.8 Å². The van der Waals surface area contributed by atoms with Crippen LogP contribution >= 0.6 is 11.8 Å². The molecule has 5 rings (SSSR count). The van der Waals surface area contributed by atoms with Crippen LogP contribution in [0.3, 0.4) is 0 Å². The summed E-state index contributed by atoms with van der Waals surface area (Å²) < 4.78 is 35.0. The molecule has 0 amide bonds. The molecule has 2 aromatic heterocycles. The molecule has 36 heavy (non-hydrogen) atoms. The molecule has 10 nitrogen and oxygen atoms in total. The Balaban J connectivity index is 1.44. The maximum absolute atomic E-state index is 14.3. The van der Waals surface area contributed by atoms with Gasteiger partial charge in [0.15, 0.2) is 33.8 Å². The van der Waals surface area contributed by atoms with E-state index in [2.05, 4.69) is 25.6 Å². The lowest BCUT2D eigenvalue weighted by Gasteiger charge is -2.17. The van der Waals surface area contributed by atoms with Crippen LogP contribution < -0.4 is 5.32 Å². The van der Waals surface area contributed by atoms with Gasteiger partial charge in [-0.25, -0.2) is 23.4 Å². The average Bonchev–Trinajstić information content (AvgIpc) is 3.40. The van der Waals surface area contributed by atoms with Gasteiger partial charge in [0.05, 0.1) is 25.4 Å². The number of rotatable bonds is 10. The van der Waals surface area contributed by atoms with Crippen molar-refractivity contribution >= 4 is 28.7 Å². The van der Waals surface area contributed by atoms with Gasteiger partial charge in [-0.1, -0.05) is 36.0 Å². The second kappa shape index (κ2) is 10.5. The molecule has 2 unspecified atom stereocenters. The number of benzene rings is 1. The fourth-order valence-electron chi connectivity index (χ4n) is 4.65. The number of thioether (sulfide) groups is 1. The van der Waals surface area contributed by atoms with Gasteiger partial charge in [0.1, 0.15) is 12.2 Å². The monoisotopic (exact) mass is 522 g/mol. The van der Waals surface area contributed by atoms with Gasteiger partial charge in [-0.15, -0.1) is 5.10 Å². The molecular weight excluding hydrogens is 494 g/mol. The fourth-order valence-corrected chi connectivity index (χ4v) is 5.35. The van der Waals surface area contributed by atoms with E-state index in [9.17, 15) is 19.0 Å². The molecule has 2 heterocycles. The highest BCUT2D eigenvalue weighted by atomic mass is 32.2. The van der Waals surface area contributed by atoms with Crippen molar-refractivity contribution in [2.45, 2.75) is 67.7 Å². The molecule has 3 aromatic rings. The van der Waals surface area contributed by atoms with Crippen molar-refractivity contribution in [2.24, 2.45) is 0 Å². The largest absolute Gasteiger partial charge is 0.394 e. The highest BCUT2D eigenvalue weighted by molar-refractivity contribution is 7.99. The van der Waals surface area contributed by atoms with Crippen molar-refractivity contribution in [2.75, 3.05) is 24.3 Å². The summed E-state index contributed by atoms with van der Waals surface area (Å²) in [5.41, 5.74) is 1.08. The second-order valence-corrected chi connectivity index (χ2v) is 10.1. The molecule has 0 radical (unpaired) electrons. The van der Waals surface area contributed by atoms with E-state index in [1.807, 2.05) is 6.92 Å². The topological polar surface area (TPSA) is 138 Å². The summed E-state index contributed by atoms with van der Waals surface area (Å²) in [4.78, 5) is 9.23. The standard InChI is InChI=1S/C23H28F2N6O4S/c1-2-8-36-23-27-21(26-14-9-12(14)11-4-3-5-13(24)17(11)25)18-22(28-23)31(30-29-18)15-10-16(35-7-6-32)20(34)19(15)33/h3-5,12,14-16,19-20,32-34H,2,6-10H2,1H3,(H,26,27,28)/t12?,14-,15?,16+,19+,20-/m0/s1. The molecule has 0 bridgehead atoms. The molecule has 0 saturated heterocycles. The maximum atomic E-state index is 14.3. The number of nitrogens with zero attached hydrogens (tertiary/aromatic N) is 5. The van der Waals surface area contributed by atoms with Gasteiger partial charge in [-0.3, -0.25) is 0 Å². The lowest BCUT2D eigenvalue weighted by molar-refractivity contribution is -0.0629. The lowest BCUT2D eigenvalue weighted by Crippen LogP contribution is -2.33. The molecule has 2 saturated carbocycles. The third-order valence-corrected chi connectivity index (χ3v) is 7.62. The van der Waals surface area contributed by atoms with Gasteiger partial charge in [0.2, 0.25) is 0 Å². The molecule has 4 N–H and O–H groups in total. The smallest absolute Gasteiger partial charge is 0.191 e. The number of hydrogen-bond donors (Lipinski definition) is 4. The molecule has 13 heteroatoms. The number of halogens is 2. The number of anilines is 1.